The maximum atomic E-state index is 12.2. The second-order valence-corrected chi connectivity index (χ2v) is 4.73. The summed E-state index contributed by atoms with van der Waals surface area (Å²) in [4.78, 5) is 16.4. The predicted octanol–water partition coefficient (Wildman–Crippen LogP) is 2.31. The van der Waals surface area contributed by atoms with Crippen LogP contribution in [-0.4, -0.2) is 23.1 Å². The van der Waals surface area contributed by atoms with Crippen molar-refractivity contribution in [3.8, 4) is 0 Å². The largest absolute Gasteiger partial charge is 0.320 e. The van der Waals surface area contributed by atoms with Gasteiger partial charge in [-0.05, 0) is 49.8 Å². The summed E-state index contributed by atoms with van der Waals surface area (Å²) in [7, 11) is 1.87. The number of rotatable bonds is 4. The minimum Gasteiger partial charge on any atom is -0.320 e. The van der Waals surface area contributed by atoms with Gasteiger partial charge in [0.2, 0.25) is 5.28 Å². The molecule has 1 aromatic carbocycles. The van der Waals surface area contributed by atoms with Crippen LogP contribution in [-0.2, 0) is 6.54 Å². The van der Waals surface area contributed by atoms with Crippen molar-refractivity contribution >= 4 is 34.1 Å². The lowest BCUT2D eigenvalue weighted by Crippen LogP contribution is -2.24. The minimum absolute atomic E-state index is 0.127. The Balaban J connectivity index is 2.48. The van der Waals surface area contributed by atoms with Gasteiger partial charge in [-0.25, -0.2) is 4.98 Å². The van der Waals surface area contributed by atoms with E-state index in [4.69, 9.17) is 23.2 Å². The van der Waals surface area contributed by atoms with E-state index in [9.17, 15) is 4.79 Å². The fourth-order valence-corrected chi connectivity index (χ4v) is 2.19. The Morgan fingerprint density at radius 1 is 1.39 bits per heavy atom. The van der Waals surface area contributed by atoms with Crippen LogP contribution in [0, 0.1) is 0 Å². The summed E-state index contributed by atoms with van der Waals surface area (Å²) in [6, 6.07) is 5.00. The zero-order valence-electron chi connectivity index (χ0n) is 9.91. The smallest absolute Gasteiger partial charge is 0.262 e. The molecule has 0 aliphatic rings. The Morgan fingerprint density at radius 3 is 2.89 bits per heavy atom. The average Bonchev–Trinajstić information content (AvgIpc) is 2.33. The van der Waals surface area contributed by atoms with E-state index >= 15 is 0 Å². The van der Waals surface area contributed by atoms with Crippen molar-refractivity contribution in [1.82, 2.24) is 14.9 Å². The zero-order valence-corrected chi connectivity index (χ0v) is 11.4. The van der Waals surface area contributed by atoms with Crippen LogP contribution in [0.25, 0.3) is 10.9 Å². The van der Waals surface area contributed by atoms with E-state index in [1.807, 2.05) is 7.05 Å². The summed E-state index contributed by atoms with van der Waals surface area (Å²) >= 11 is 11.9. The highest BCUT2D eigenvalue weighted by molar-refractivity contribution is 6.31. The van der Waals surface area contributed by atoms with Gasteiger partial charge in [0.25, 0.3) is 5.56 Å². The molecule has 1 heterocycles. The second kappa shape index (κ2) is 5.69. The molecule has 0 bridgehead atoms. The monoisotopic (exact) mass is 285 g/mol. The molecule has 1 N–H and O–H groups in total. The highest BCUT2D eigenvalue weighted by Gasteiger charge is 2.09. The quantitative estimate of drug-likeness (QED) is 0.693. The van der Waals surface area contributed by atoms with Gasteiger partial charge in [0, 0.05) is 11.6 Å². The molecule has 0 saturated carbocycles. The summed E-state index contributed by atoms with van der Waals surface area (Å²) < 4.78 is 1.48. The first-order valence-electron chi connectivity index (χ1n) is 5.63. The van der Waals surface area contributed by atoms with Gasteiger partial charge < -0.3 is 5.32 Å². The van der Waals surface area contributed by atoms with Gasteiger partial charge in [0.05, 0.1) is 10.9 Å². The topological polar surface area (TPSA) is 46.9 Å². The van der Waals surface area contributed by atoms with E-state index < -0.39 is 0 Å². The standard InChI is InChI=1S/C12H13Cl2N3O/c1-15-5-2-6-17-11(18)9-4-3-8(13)7-10(9)16-12(17)14/h3-4,7,15H,2,5-6H2,1H3. The zero-order chi connectivity index (χ0) is 13.1. The average molecular weight is 286 g/mol. The normalized spacial score (nSPS) is 11.1. The maximum absolute atomic E-state index is 12.2. The third kappa shape index (κ3) is 2.66. The van der Waals surface area contributed by atoms with Gasteiger partial charge in [-0.3, -0.25) is 9.36 Å². The molecule has 0 fully saturated rings. The van der Waals surface area contributed by atoms with E-state index in [1.165, 1.54) is 4.57 Å². The molecule has 0 aliphatic carbocycles. The lowest BCUT2D eigenvalue weighted by molar-refractivity contribution is 0.595. The lowest BCUT2D eigenvalue weighted by atomic mass is 10.2. The molecular formula is C12H13Cl2N3O. The Kier molecular flexibility index (Phi) is 4.22. The molecule has 0 amide bonds. The molecule has 4 nitrogen and oxygen atoms in total. The molecule has 0 unspecified atom stereocenters. The first-order chi connectivity index (χ1) is 8.63. The van der Waals surface area contributed by atoms with Gasteiger partial charge in [-0.2, -0.15) is 0 Å². The van der Waals surface area contributed by atoms with Gasteiger partial charge in [-0.15, -0.1) is 0 Å². The number of benzene rings is 1. The van der Waals surface area contributed by atoms with E-state index in [-0.39, 0.29) is 10.8 Å². The van der Waals surface area contributed by atoms with Crippen LogP contribution in [0.15, 0.2) is 23.0 Å². The molecule has 2 aromatic rings. The molecule has 0 spiro atoms. The number of hydrogen-bond acceptors (Lipinski definition) is 3. The summed E-state index contributed by atoms with van der Waals surface area (Å²) in [6.07, 6.45) is 0.816. The van der Waals surface area contributed by atoms with Crippen molar-refractivity contribution < 1.29 is 0 Å². The summed E-state index contributed by atoms with van der Waals surface area (Å²) in [5.41, 5.74) is 0.403. The number of nitrogens with one attached hydrogen (secondary N) is 1. The fraction of sp³-hybridized carbons (Fsp3) is 0.333. The Labute approximate surface area is 115 Å². The SMILES string of the molecule is CNCCCn1c(Cl)nc2cc(Cl)ccc2c1=O. The van der Waals surface area contributed by atoms with Crippen LogP contribution < -0.4 is 10.9 Å². The van der Waals surface area contributed by atoms with Crippen LogP contribution in [0.1, 0.15) is 6.42 Å². The van der Waals surface area contributed by atoms with Gasteiger partial charge in [0.15, 0.2) is 0 Å². The first-order valence-corrected chi connectivity index (χ1v) is 6.39. The van der Waals surface area contributed by atoms with E-state index in [0.717, 1.165) is 13.0 Å². The van der Waals surface area contributed by atoms with Crippen LogP contribution in [0.5, 0.6) is 0 Å². The summed E-state index contributed by atoms with van der Waals surface area (Å²) in [5.74, 6) is 0. The molecule has 0 saturated heterocycles. The molecule has 1 aromatic heterocycles. The van der Waals surface area contributed by atoms with E-state index in [0.29, 0.717) is 22.5 Å². The van der Waals surface area contributed by atoms with Gasteiger partial charge >= 0.3 is 0 Å². The molecule has 2 rings (SSSR count). The van der Waals surface area contributed by atoms with Crippen molar-refractivity contribution in [3.63, 3.8) is 0 Å². The van der Waals surface area contributed by atoms with Crippen molar-refractivity contribution in [2.45, 2.75) is 13.0 Å². The highest BCUT2D eigenvalue weighted by Crippen LogP contribution is 2.17. The third-order valence-electron chi connectivity index (χ3n) is 2.68. The van der Waals surface area contributed by atoms with Gasteiger partial charge in [-0.1, -0.05) is 11.6 Å². The molecule has 96 valence electrons. The van der Waals surface area contributed by atoms with E-state index in [1.54, 1.807) is 18.2 Å². The maximum Gasteiger partial charge on any atom is 0.262 e. The van der Waals surface area contributed by atoms with Crippen molar-refractivity contribution in [2.24, 2.45) is 0 Å². The van der Waals surface area contributed by atoms with Crippen LogP contribution >= 0.6 is 23.2 Å². The van der Waals surface area contributed by atoms with Crippen molar-refractivity contribution in [1.29, 1.82) is 0 Å². The highest BCUT2D eigenvalue weighted by atomic mass is 35.5. The third-order valence-corrected chi connectivity index (χ3v) is 3.20. The molecule has 6 heteroatoms. The Bertz CT molecular complexity index is 624. The molecule has 0 atom stereocenters. The first kappa shape index (κ1) is 13.3. The lowest BCUT2D eigenvalue weighted by Gasteiger charge is -2.09. The molecule has 0 aliphatic heterocycles. The van der Waals surface area contributed by atoms with Crippen molar-refractivity contribution in [2.75, 3.05) is 13.6 Å². The molecular weight excluding hydrogens is 273 g/mol. The summed E-state index contributed by atoms with van der Waals surface area (Å²) in [5, 5.41) is 4.30. The number of halogens is 2. The molecule has 0 radical (unpaired) electrons. The number of fused-ring (bicyclic) bond motifs is 1. The van der Waals surface area contributed by atoms with Crippen LogP contribution in [0.4, 0.5) is 0 Å². The minimum atomic E-state index is -0.127. The van der Waals surface area contributed by atoms with Crippen LogP contribution in [0.2, 0.25) is 10.3 Å². The van der Waals surface area contributed by atoms with E-state index in [2.05, 4.69) is 10.3 Å². The number of hydrogen-bond donors (Lipinski definition) is 1. The Hall–Kier alpha value is -1.10. The predicted molar refractivity (Wildman–Crippen MR) is 74.6 cm³/mol. The fourth-order valence-electron chi connectivity index (χ4n) is 1.77. The molecule has 18 heavy (non-hydrogen) atoms. The summed E-state index contributed by atoms with van der Waals surface area (Å²) in [6.45, 7) is 1.37. The van der Waals surface area contributed by atoms with Gasteiger partial charge in [0.1, 0.15) is 0 Å². The second-order valence-electron chi connectivity index (χ2n) is 3.96. The number of nitrogens with zero attached hydrogens (tertiary/aromatic N) is 2. The Morgan fingerprint density at radius 2 is 2.17 bits per heavy atom. The van der Waals surface area contributed by atoms with Crippen LogP contribution in [0.3, 0.4) is 0 Å². The van der Waals surface area contributed by atoms with Crippen molar-refractivity contribution in [3.05, 3.63) is 38.9 Å². The number of aromatic nitrogens is 2.